The Balaban J connectivity index is 1.97. The van der Waals surface area contributed by atoms with E-state index in [9.17, 15) is 14.0 Å². The standard InChI is InChI=1S/C26H23FN2O5/c1-28(18-7-5-6-16(27)12-18)26(31)21-15-29(17-8-10-19(32-2)11-9-17)22-14-24(34-4)23(33-3)13-20(22)25(21)30/h5-15H,1-4H3. The first-order valence-electron chi connectivity index (χ1n) is 10.4. The number of rotatable bonds is 6. The SMILES string of the molecule is COc1ccc(-n2cc(C(=O)N(C)c3cccc(F)c3)c(=O)c3cc(OC)c(OC)cc32)cc1. The number of nitrogens with zero attached hydrogens (tertiary/aromatic N) is 2. The minimum atomic E-state index is -0.574. The maximum atomic E-state index is 13.7. The van der Waals surface area contributed by atoms with E-state index in [4.69, 9.17) is 14.2 Å². The number of amides is 1. The average Bonchev–Trinajstić information content (AvgIpc) is 2.87. The number of carbonyl (C=O) groups is 1. The number of halogens is 1. The van der Waals surface area contributed by atoms with E-state index in [1.807, 2.05) is 12.1 Å². The third kappa shape index (κ3) is 4.05. The maximum Gasteiger partial charge on any atom is 0.263 e. The fourth-order valence-electron chi connectivity index (χ4n) is 3.74. The van der Waals surface area contributed by atoms with Gasteiger partial charge in [0.05, 0.1) is 32.2 Å². The molecule has 4 aromatic rings. The van der Waals surface area contributed by atoms with Crippen molar-refractivity contribution in [2.24, 2.45) is 0 Å². The fraction of sp³-hybridized carbons (Fsp3) is 0.154. The lowest BCUT2D eigenvalue weighted by atomic mass is 10.1. The van der Waals surface area contributed by atoms with Crippen LogP contribution in [-0.4, -0.2) is 38.9 Å². The molecule has 0 radical (unpaired) electrons. The predicted octanol–water partition coefficient (Wildman–Crippen LogP) is 4.43. The van der Waals surface area contributed by atoms with Crippen LogP contribution in [0.3, 0.4) is 0 Å². The van der Waals surface area contributed by atoms with E-state index < -0.39 is 17.2 Å². The molecule has 0 N–H and O–H groups in total. The quantitative estimate of drug-likeness (QED) is 0.424. The van der Waals surface area contributed by atoms with Gasteiger partial charge in [-0.25, -0.2) is 4.39 Å². The van der Waals surface area contributed by atoms with Crippen molar-refractivity contribution in [1.29, 1.82) is 0 Å². The fourth-order valence-corrected chi connectivity index (χ4v) is 3.74. The molecule has 8 heteroatoms. The van der Waals surface area contributed by atoms with Crippen LogP contribution in [0, 0.1) is 5.82 Å². The monoisotopic (exact) mass is 462 g/mol. The zero-order valence-electron chi connectivity index (χ0n) is 19.2. The number of carbonyl (C=O) groups excluding carboxylic acids is 1. The molecule has 0 saturated carbocycles. The number of aromatic nitrogens is 1. The zero-order valence-corrected chi connectivity index (χ0v) is 19.2. The van der Waals surface area contributed by atoms with Crippen LogP contribution in [0.4, 0.5) is 10.1 Å². The largest absolute Gasteiger partial charge is 0.497 e. The predicted molar refractivity (Wildman–Crippen MR) is 128 cm³/mol. The first kappa shape index (κ1) is 22.8. The molecule has 1 amide bonds. The second kappa shape index (κ2) is 9.27. The van der Waals surface area contributed by atoms with Gasteiger partial charge in [0, 0.05) is 30.7 Å². The summed E-state index contributed by atoms with van der Waals surface area (Å²) in [6, 6.07) is 16.0. The third-order valence-corrected chi connectivity index (χ3v) is 5.59. The molecule has 0 atom stereocenters. The van der Waals surface area contributed by atoms with Gasteiger partial charge in [-0.3, -0.25) is 9.59 Å². The summed E-state index contributed by atoms with van der Waals surface area (Å²) in [5.41, 5.74) is 0.988. The highest BCUT2D eigenvalue weighted by Gasteiger charge is 2.22. The van der Waals surface area contributed by atoms with Gasteiger partial charge in [0.2, 0.25) is 5.43 Å². The number of anilines is 1. The second-order valence-corrected chi connectivity index (χ2v) is 7.51. The Kier molecular flexibility index (Phi) is 6.23. The highest BCUT2D eigenvalue weighted by molar-refractivity contribution is 6.07. The highest BCUT2D eigenvalue weighted by Crippen LogP contribution is 2.32. The number of fused-ring (bicyclic) bond motifs is 1. The maximum absolute atomic E-state index is 13.7. The summed E-state index contributed by atoms with van der Waals surface area (Å²) in [5.74, 6) is 0.400. The summed E-state index contributed by atoms with van der Waals surface area (Å²) in [4.78, 5) is 28.1. The summed E-state index contributed by atoms with van der Waals surface area (Å²) in [7, 11) is 6.04. The summed E-state index contributed by atoms with van der Waals surface area (Å²) in [6.07, 6.45) is 1.48. The van der Waals surface area contributed by atoms with Crippen molar-refractivity contribution in [1.82, 2.24) is 4.57 Å². The molecule has 1 aromatic heterocycles. The molecule has 0 unspecified atom stereocenters. The molecule has 0 aliphatic rings. The lowest BCUT2D eigenvalue weighted by molar-refractivity contribution is 0.0991. The second-order valence-electron chi connectivity index (χ2n) is 7.51. The van der Waals surface area contributed by atoms with Crippen molar-refractivity contribution in [3.8, 4) is 22.9 Å². The molecule has 3 aromatic carbocycles. The van der Waals surface area contributed by atoms with Crippen LogP contribution < -0.4 is 24.5 Å². The molecule has 4 rings (SSSR count). The Morgan fingerprint density at radius 1 is 0.912 bits per heavy atom. The van der Waals surface area contributed by atoms with E-state index in [0.717, 1.165) is 0 Å². The molecule has 174 valence electrons. The molecule has 0 fully saturated rings. The normalized spacial score (nSPS) is 10.7. The van der Waals surface area contributed by atoms with E-state index in [0.29, 0.717) is 34.1 Å². The van der Waals surface area contributed by atoms with Crippen LogP contribution in [0.2, 0.25) is 0 Å². The van der Waals surface area contributed by atoms with E-state index in [-0.39, 0.29) is 10.9 Å². The Labute approximate surface area is 195 Å². The van der Waals surface area contributed by atoms with Gasteiger partial charge >= 0.3 is 0 Å². The van der Waals surface area contributed by atoms with Gasteiger partial charge < -0.3 is 23.7 Å². The number of pyridine rings is 1. The van der Waals surface area contributed by atoms with Gasteiger partial charge in [0.15, 0.2) is 11.5 Å². The Hall–Kier alpha value is -4.33. The first-order valence-corrected chi connectivity index (χ1v) is 10.4. The third-order valence-electron chi connectivity index (χ3n) is 5.59. The Morgan fingerprint density at radius 2 is 1.59 bits per heavy atom. The number of ether oxygens (including phenoxy) is 3. The van der Waals surface area contributed by atoms with Crippen molar-refractivity contribution in [2.45, 2.75) is 0 Å². The summed E-state index contributed by atoms with van der Waals surface area (Å²) in [5, 5.41) is 0.270. The van der Waals surface area contributed by atoms with Crippen molar-refractivity contribution in [3.05, 3.63) is 88.5 Å². The number of hydrogen-bond donors (Lipinski definition) is 0. The molecule has 7 nitrogen and oxygen atoms in total. The lowest BCUT2D eigenvalue weighted by Gasteiger charge is -2.20. The minimum Gasteiger partial charge on any atom is -0.497 e. The topological polar surface area (TPSA) is 70.0 Å². The van der Waals surface area contributed by atoms with Gasteiger partial charge in [-0.15, -0.1) is 0 Å². The molecule has 0 aliphatic carbocycles. The van der Waals surface area contributed by atoms with Crippen molar-refractivity contribution < 1.29 is 23.4 Å². The molecule has 0 bridgehead atoms. The van der Waals surface area contributed by atoms with Crippen LogP contribution in [0.5, 0.6) is 17.2 Å². The summed E-state index contributed by atoms with van der Waals surface area (Å²) >= 11 is 0. The van der Waals surface area contributed by atoms with Crippen molar-refractivity contribution >= 4 is 22.5 Å². The average molecular weight is 462 g/mol. The first-order chi connectivity index (χ1) is 16.4. The van der Waals surface area contributed by atoms with E-state index in [1.54, 1.807) is 42.0 Å². The van der Waals surface area contributed by atoms with Crippen LogP contribution in [-0.2, 0) is 0 Å². The van der Waals surface area contributed by atoms with Gasteiger partial charge in [0.1, 0.15) is 17.1 Å². The summed E-state index contributed by atoms with van der Waals surface area (Å²) in [6.45, 7) is 0. The Bertz CT molecular complexity index is 1430. The van der Waals surface area contributed by atoms with Crippen LogP contribution in [0.25, 0.3) is 16.6 Å². The Morgan fingerprint density at radius 3 is 2.21 bits per heavy atom. The molecule has 0 spiro atoms. The molecule has 1 heterocycles. The van der Waals surface area contributed by atoms with Crippen molar-refractivity contribution in [2.75, 3.05) is 33.3 Å². The van der Waals surface area contributed by atoms with Crippen LogP contribution in [0.1, 0.15) is 10.4 Å². The molecule has 34 heavy (non-hydrogen) atoms. The highest BCUT2D eigenvalue weighted by atomic mass is 19.1. The minimum absolute atomic E-state index is 0.0812. The van der Waals surface area contributed by atoms with Gasteiger partial charge in [-0.05, 0) is 48.5 Å². The van der Waals surface area contributed by atoms with Crippen LogP contribution >= 0.6 is 0 Å². The van der Waals surface area contributed by atoms with Gasteiger partial charge in [-0.1, -0.05) is 6.07 Å². The molecule has 0 aliphatic heterocycles. The summed E-state index contributed by atoms with van der Waals surface area (Å²) < 4.78 is 31.5. The van der Waals surface area contributed by atoms with Crippen molar-refractivity contribution in [3.63, 3.8) is 0 Å². The number of benzene rings is 3. The molecular formula is C26H23FN2O5. The van der Waals surface area contributed by atoms with E-state index >= 15 is 0 Å². The number of hydrogen-bond acceptors (Lipinski definition) is 5. The molecular weight excluding hydrogens is 439 g/mol. The van der Waals surface area contributed by atoms with Gasteiger partial charge in [-0.2, -0.15) is 0 Å². The smallest absolute Gasteiger partial charge is 0.263 e. The zero-order chi connectivity index (χ0) is 24.4. The molecule has 0 saturated heterocycles. The van der Waals surface area contributed by atoms with E-state index in [2.05, 4.69) is 0 Å². The van der Waals surface area contributed by atoms with Gasteiger partial charge in [0.25, 0.3) is 5.91 Å². The van der Waals surface area contributed by atoms with E-state index in [1.165, 1.54) is 50.6 Å². The lowest BCUT2D eigenvalue weighted by Crippen LogP contribution is -2.31. The number of methoxy groups -OCH3 is 3. The van der Waals surface area contributed by atoms with Crippen LogP contribution in [0.15, 0.2) is 71.7 Å².